The second-order valence-electron chi connectivity index (χ2n) is 12.7. The molecule has 0 radical (unpaired) electrons. The minimum absolute atomic E-state index is 0.0982. The summed E-state index contributed by atoms with van der Waals surface area (Å²) in [6.45, 7) is 12.6. The highest BCUT2D eigenvalue weighted by Gasteiger charge is 2.60. The van der Waals surface area contributed by atoms with Crippen LogP contribution in [0.4, 0.5) is 0 Å². The summed E-state index contributed by atoms with van der Waals surface area (Å²) in [6, 6.07) is 0. The number of fused-ring (bicyclic) bond motifs is 5. The molecule has 2 heteroatoms. The molecule has 0 heterocycles. The van der Waals surface area contributed by atoms with Crippen molar-refractivity contribution in [1.82, 2.24) is 0 Å². The molecular formula is C27H48O2. The van der Waals surface area contributed by atoms with Crippen LogP contribution in [0.3, 0.4) is 0 Å². The molecule has 0 aromatic rings. The van der Waals surface area contributed by atoms with Crippen LogP contribution in [0.5, 0.6) is 0 Å². The van der Waals surface area contributed by atoms with Gasteiger partial charge in [0.15, 0.2) is 0 Å². The first kappa shape index (κ1) is 22.1. The minimum Gasteiger partial charge on any atom is -0.252 e. The first-order chi connectivity index (χ1) is 13.8. The van der Waals surface area contributed by atoms with Crippen LogP contribution in [0.15, 0.2) is 0 Å². The van der Waals surface area contributed by atoms with Crippen LogP contribution < -0.4 is 0 Å². The second kappa shape index (κ2) is 8.45. The van der Waals surface area contributed by atoms with E-state index in [1.165, 1.54) is 64.2 Å². The summed E-state index contributed by atoms with van der Waals surface area (Å²) in [6.07, 6.45) is 16.5. The van der Waals surface area contributed by atoms with Gasteiger partial charge in [0.05, 0.1) is 6.10 Å². The van der Waals surface area contributed by atoms with Crippen molar-refractivity contribution in [3.63, 3.8) is 0 Å². The summed E-state index contributed by atoms with van der Waals surface area (Å²) in [5.41, 5.74) is 1.10. The summed E-state index contributed by atoms with van der Waals surface area (Å²) in [5.74, 6) is 6.36. The number of hydrogen-bond donors (Lipinski definition) is 1. The molecule has 4 rings (SSSR count). The molecule has 9 atom stereocenters. The second-order valence-corrected chi connectivity index (χ2v) is 12.7. The lowest BCUT2D eigenvalue weighted by Gasteiger charge is -2.61. The Bertz CT molecular complexity index is 559. The summed E-state index contributed by atoms with van der Waals surface area (Å²) in [5, 5.41) is 9.23. The van der Waals surface area contributed by atoms with Gasteiger partial charge in [-0.15, -0.1) is 0 Å². The van der Waals surface area contributed by atoms with Crippen LogP contribution in [0.25, 0.3) is 0 Å². The molecule has 29 heavy (non-hydrogen) atoms. The molecule has 0 amide bonds. The molecule has 4 fully saturated rings. The van der Waals surface area contributed by atoms with Gasteiger partial charge in [0, 0.05) is 0 Å². The highest BCUT2D eigenvalue weighted by atomic mass is 17.1. The standard InChI is InChI=1S/C27H48O2/c1-18(2)7-6-8-19(3)23-11-12-24-22-10-9-20-17-21(29-28)13-15-26(20,4)25(22)14-16-27(23,24)5/h18-25,28H,6-17H2,1-5H3/t19-,20?,21+,22+,23-,24+,25+,26+,27-/m1/s1. The van der Waals surface area contributed by atoms with Gasteiger partial charge in [0.1, 0.15) is 0 Å². The Labute approximate surface area is 180 Å². The third kappa shape index (κ3) is 3.84. The maximum atomic E-state index is 9.23. The Balaban J connectivity index is 1.45. The van der Waals surface area contributed by atoms with Crippen molar-refractivity contribution < 1.29 is 10.1 Å². The Morgan fingerprint density at radius 2 is 1.59 bits per heavy atom. The van der Waals surface area contributed by atoms with E-state index in [0.717, 1.165) is 54.3 Å². The maximum Gasteiger partial charge on any atom is 0.0930 e. The predicted octanol–water partition coefficient (Wildman–Crippen LogP) is 7.97. The highest BCUT2D eigenvalue weighted by molar-refractivity contribution is 5.09. The molecule has 0 saturated heterocycles. The van der Waals surface area contributed by atoms with Gasteiger partial charge in [-0.05, 0) is 110 Å². The molecule has 0 aromatic heterocycles. The fraction of sp³-hybridized carbons (Fsp3) is 1.00. The van der Waals surface area contributed by atoms with Gasteiger partial charge < -0.3 is 0 Å². The Morgan fingerprint density at radius 1 is 0.862 bits per heavy atom. The summed E-state index contributed by atoms with van der Waals surface area (Å²) in [7, 11) is 0. The molecule has 1 unspecified atom stereocenters. The molecule has 1 N–H and O–H groups in total. The quantitative estimate of drug-likeness (QED) is 0.359. The van der Waals surface area contributed by atoms with Crippen molar-refractivity contribution in [1.29, 1.82) is 0 Å². The summed E-state index contributed by atoms with van der Waals surface area (Å²) in [4.78, 5) is 4.79. The zero-order valence-electron chi connectivity index (χ0n) is 20.0. The smallest absolute Gasteiger partial charge is 0.0930 e. The van der Waals surface area contributed by atoms with E-state index in [4.69, 9.17) is 4.89 Å². The molecule has 2 nitrogen and oxygen atoms in total. The van der Waals surface area contributed by atoms with Crippen molar-refractivity contribution in [2.24, 2.45) is 52.3 Å². The topological polar surface area (TPSA) is 29.5 Å². The number of hydrogen-bond acceptors (Lipinski definition) is 2. The fourth-order valence-electron chi connectivity index (χ4n) is 9.34. The molecule has 0 aliphatic heterocycles. The van der Waals surface area contributed by atoms with E-state index in [0.29, 0.717) is 10.8 Å². The van der Waals surface area contributed by atoms with E-state index in [-0.39, 0.29) is 6.10 Å². The molecule has 168 valence electrons. The van der Waals surface area contributed by atoms with E-state index >= 15 is 0 Å². The lowest BCUT2D eigenvalue weighted by molar-refractivity contribution is -0.296. The molecule has 0 spiro atoms. The predicted molar refractivity (Wildman–Crippen MR) is 121 cm³/mol. The molecule has 4 aliphatic carbocycles. The summed E-state index contributed by atoms with van der Waals surface area (Å²) >= 11 is 0. The van der Waals surface area contributed by atoms with Crippen LogP contribution in [-0.4, -0.2) is 11.4 Å². The fourth-order valence-corrected chi connectivity index (χ4v) is 9.34. The van der Waals surface area contributed by atoms with Crippen molar-refractivity contribution in [2.75, 3.05) is 0 Å². The first-order valence-corrected chi connectivity index (χ1v) is 13.1. The van der Waals surface area contributed by atoms with Crippen LogP contribution in [0.2, 0.25) is 0 Å². The third-order valence-electron chi connectivity index (χ3n) is 11.0. The van der Waals surface area contributed by atoms with Crippen molar-refractivity contribution in [2.45, 2.75) is 118 Å². The van der Waals surface area contributed by atoms with Crippen LogP contribution in [-0.2, 0) is 4.89 Å². The zero-order chi connectivity index (χ0) is 20.8. The van der Waals surface area contributed by atoms with Crippen LogP contribution >= 0.6 is 0 Å². The first-order valence-electron chi connectivity index (χ1n) is 13.1. The lowest BCUT2D eigenvalue weighted by Crippen LogP contribution is -2.54. The Hall–Kier alpha value is -0.0800. The van der Waals surface area contributed by atoms with Gasteiger partial charge in [-0.2, -0.15) is 0 Å². The average molecular weight is 405 g/mol. The molecule has 0 bridgehead atoms. The SMILES string of the molecule is CC(C)CCC[C@@H](C)[C@H]1CC[C@H]2[C@@H]3CCC4C[C@@H](OO)CC[C@]4(C)[C@H]3CC[C@]12C. The minimum atomic E-state index is 0.0982. The average Bonchev–Trinajstić information content (AvgIpc) is 3.04. The van der Waals surface area contributed by atoms with Gasteiger partial charge in [-0.1, -0.05) is 53.9 Å². The van der Waals surface area contributed by atoms with Crippen LogP contribution in [0.1, 0.15) is 112 Å². The highest BCUT2D eigenvalue weighted by Crippen LogP contribution is 2.68. The largest absolute Gasteiger partial charge is 0.252 e. The normalized spacial score (nSPS) is 48.1. The van der Waals surface area contributed by atoms with Crippen molar-refractivity contribution in [3.8, 4) is 0 Å². The maximum absolute atomic E-state index is 9.23. The van der Waals surface area contributed by atoms with Crippen LogP contribution in [0, 0.1) is 52.3 Å². The lowest BCUT2D eigenvalue weighted by atomic mass is 9.44. The summed E-state index contributed by atoms with van der Waals surface area (Å²) < 4.78 is 0. The molecule has 0 aromatic carbocycles. The van der Waals surface area contributed by atoms with Gasteiger partial charge in [0.25, 0.3) is 0 Å². The third-order valence-corrected chi connectivity index (χ3v) is 11.0. The van der Waals surface area contributed by atoms with E-state index in [2.05, 4.69) is 34.6 Å². The molecule has 4 saturated carbocycles. The zero-order valence-corrected chi connectivity index (χ0v) is 20.0. The van der Waals surface area contributed by atoms with E-state index in [1.54, 1.807) is 0 Å². The number of rotatable bonds is 6. The monoisotopic (exact) mass is 404 g/mol. The Morgan fingerprint density at radius 3 is 2.31 bits per heavy atom. The Kier molecular flexibility index (Phi) is 6.45. The van der Waals surface area contributed by atoms with Gasteiger partial charge in [0.2, 0.25) is 0 Å². The van der Waals surface area contributed by atoms with Crippen molar-refractivity contribution in [3.05, 3.63) is 0 Å². The molecule has 4 aliphatic rings. The molecular weight excluding hydrogens is 356 g/mol. The van der Waals surface area contributed by atoms with E-state index < -0.39 is 0 Å². The van der Waals surface area contributed by atoms with Gasteiger partial charge >= 0.3 is 0 Å². The van der Waals surface area contributed by atoms with E-state index in [9.17, 15) is 5.26 Å². The van der Waals surface area contributed by atoms with Crippen molar-refractivity contribution >= 4 is 0 Å². The van der Waals surface area contributed by atoms with Gasteiger partial charge in [-0.25, -0.2) is 4.89 Å². The van der Waals surface area contributed by atoms with Gasteiger partial charge in [-0.3, -0.25) is 5.26 Å². The van der Waals surface area contributed by atoms with E-state index in [1.807, 2.05) is 0 Å².